The second-order valence-electron chi connectivity index (χ2n) is 8.98. The van der Waals surface area contributed by atoms with Gasteiger partial charge in [-0.05, 0) is 64.8 Å². The van der Waals surface area contributed by atoms with Crippen molar-refractivity contribution < 1.29 is 18.8 Å². The summed E-state index contributed by atoms with van der Waals surface area (Å²) in [5.41, 5.74) is 0.518. The Morgan fingerprint density at radius 3 is 2.40 bits per heavy atom. The normalized spacial score (nSPS) is 17.9. The number of piperidine rings is 1. The monoisotopic (exact) mass is 415 g/mol. The molecule has 0 saturated carbocycles. The van der Waals surface area contributed by atoms with Crippen LogP contribution in [0.15, 0.2) is 28.8 Å². The SMILES string of the molecule is CC(=O)Nc1ccc(OCc2noc(C(=O)NC3CC(C)(C)NC(C)(C)C3)n2)cc1. The third-order valence-electron chi connectivity index (χ3n) is 4.73. The van der Waals surface area contributed by atoms with Crippen molar-refractivity contribution in [2.24, 2.45) is 0 Å². The maximum Gasteiger partial charge on any atom is 0.316 e. The molecule has 0 aliphatic carbocycles. The number of rotatable bonds is 6. The summed E-state index contributed by atoms with van der Waals surface area (Å²) in [6.45, 7) is 10.00. The molecule has 2 heterocycles. The Hall–Kier alpha value is -2.94. The Balaban J connectivity index is 1.54. The molecule has 1 saturated heterocycles. The predicted molar refractivity (Wildman–Crippen MR) is 111 cm³/mol. The summed E-state index contributed by atoms with van der Waals surface area (Å²) >= 11 is 0. The summed E-state index contributed by atoms with van der Waals surface area (Å²) < 4.78 is 10.7. The van der Waals surface area contributed by atoms with Crippen molar-refractivity contribution >= 4 is 17.5 Å². The van der Waals surface area contributed by atoms with Crippen molar-refractivity contribution in [3.8, 4) is 5.75 Å². The highest BCUT2D eigenvalue weighted by Crippen LogP contribution is 2.28. The second kappa shape index (κ2) is 8.43. The van der Waals surface area contributed by atoms with E-state index >= 15 is 0 Å². The molecule has 1 fully saturated rings. The van der Waals surface area contributed by atoms with Crippen LogP contribution in [0.4, 0.5) is 5.69 Å². The zero-order valence-electron chi connectivity index (χ0n) is 18.0. The maximum atomic E-state index is 12.5. The molecule has 3 N–H and O–H groups in total. The van der Waals surface area contributed by atoms with E-state index in [1.54, 1.807) is 24.3 Å². The van der Waals surface area contributed by atoms with Gasteiger partial charge in [0.2, 0.25) is 11.7 Å². The molecule has 2 aromatic rings. The van der Waals surface area contributed by atoms with E-state index in [9.17, 15) is 9.59 Å². The van der Waals surface area contributed by atoms with Gasteiger partial charge in [-0.3, -0.25) is 9.59 Å². The number of carbonyl (C=O) groups is 2. The molecule has 2 amide bonds. The number of anilines is 1. The molecule has 0 spiro atoms. The standard InChI is InChI=1S/C21H29N5O4/c1-13(27)22-14-6-8-16(9-7-14)29-12-17-24-19(30-25-17)18(28)23-15-10-20(2,3)26-21(4,5)11-15/h6-9,15,26H,10-12H2,1-5H3,(H,22,27)(H,23,28). The van der Waals surface area contributed by atoms with E-state index in [1.165, 1.54) is 6.92 Å². The summed E-state index contributed by atoms with van der Waals surface area (Å²) in [6, 6.07) is 6.92. The minimum Gasteiger partial charge on any atom is -0.485 e. The Morgan fingerprint density at radius 2 is 1.80 bits per heavy atom. The minimum atomic E-state index is -0.382. The largest absolute Gasteiger partial charge is 0.485 e. The van der Waals surface area contributed by atoms with Gasteiger partial charge in [0.25, 0.3) is 0 Å². The van der Waals surface area contributed by atoms with Crippen LogP contribution >= 0.6 is 0 Å². The van der Waals surface area contributed by atoms with Gasteiger partial charge < -0.3 is 25.2 Å². The zero-order valence-corrected chi connectivity index (χ0v) is 18.0. The van der Waals surface area contributed by atoms with Gasteiger partial charge in [-0.1, -0.05) is 5.16 Å². The fraction of sp³-hybridized carbons (Fsp3) is 0.524. The van der Waals surface area contributed by atoms with Crippen molar-refractivity contribution in [1.29, 1.82) is 0 Å². The lowest BCUT2D eigenvalue weighted by atomic mass is 9.79. The first kappa shape index (κ1) is 21.8. The molecule has 0 unspecified atom stereocenters. The Kier molecular flexibility index (Phi) is 6.12. The first-order valence-electron chi connectivity index (χ1n) is 9.95. The van der Waals surface area contributed by atoms with E-state index in [0.717, 1.165) is 12.8 Å². The van der Waals surface area contributed by atoms with Gasteiger partial charge in [0.15, 0.2) is 6.61 Å². The Morgan fingerprint density at radius 1 is 1.17 bits per heavy atom. The van der Waals surface area contributed by atoms with Crippen molar-refractivity contribution in [2.75, 3.05) is 5.32 Å². The molecule has 9 heteroatoms. The number of aromatic nitrogens is 2. The van der Waals surface area contributed by atoms with Crippen LogP contribution in [-0.4, -0.2) is 39.1 Å². The van der Waals surface area contributed by atoms with Gasteiger partial charge in [-0.2, -0.15) is 4.98 Å². The number of carbonyl (C=O) groups excluding carboxylic acids is 2. The maximum absolute atomic E-state index is 12.5. The van der Waals surface area contributed by atoms with Crippen LogP contribution in [0.25, 0.3) is 0 Å². The third kappa shape index (κ3) is 6.03. The van der Waals surface area contributed by atoms with Gasteiger partial charge in [0.05, 0.1) is 0 Å². The average molecular weight is 415 g/mol. The van der Waals surface area contributed by atoms with Crippen molar-refractivity contribution in [3.05, 3.63) is 36.0 Å². The molecule has 9 nitrogen and oxygen atoms in total. The van der Waals surface area contributed by atoms with E-state index in [1.807, 2.05) is 0 Å². The summed E-state index contributed by atoms with van der Waals surface area (Å²) in [4.78, 5) is 27.7. The van der Waals surface area contributed by atoms with Gasteiger partial charge in [0, 0.05) is 29.7 Å². The fourth-order valence-electron chi connectivity index (χ4n) is 4.06. The second-order valence-corrected chi connectivity index (χ2v) is 8.98. The molecule has 1 aliphatic rings. The molecule has 1 aliphatic heterocycles. The molecule has 0 bridgehead atoms. The van der Waals surface area contributed by atoms with Crippen LogP contribution in [0.1, 0.15) is 64.0 Å². The predicted octanol–water partition coefficient (Wildman–Crippen LogP) is 2.65. The molecule has 3 rings (SSSR count). The van der Waals surface area contributed by atoms with Crippen LogP contribution in [0.2, 0.25) is 0 Å². The van der Waals surface area contributed by atoms with Crippen molar-refractivity contribution in [3.63, 3.8) is 0 Å². The smallest absolute Gasteiger partial charge is 0.316 e. The van der Waals surface area contributed by atoms with Gasteiger partial charge in [-0.15, -0.1) is 0 Å². The van der Waals surface area contributed by atoms with Crippen LogP contribution in [0.3, 0.4) is 0 Å². The molecule has 0 radical (unpaired) electrons. The summed E-state index contributed by atoms with van der Waals surface area (Å²) in [7, 11) is 0. The molecule has 1 aromatic carbocycles. The zero-order chi connectivity index (χ0) is 21.9. The Labute approximate surface area is 175 Å². The number of nitrogens with zero attached hydrogens (tertiary/aromatic N) is 2. The highest BCUT2D eigenvalue weighted by atomic mass is 16.5. The number of hydrogen-bond acceptors (Lipinski definition) is 7. The highest BCUT2D eigenvalue weighted by molar-refractivity contribution is 5.89. The van der Waals surface area contributed by atoms with E-state index < -0.39 is 0 Å². The topological polar surface area (TPSA) is 118 Å². The number of hydrogen-bond donors (Lipinski definition) is 3. The van der Waals surface area contributed by atoms with Crippen molar-refractivity contribution in [2.45, 2.75) is 71.2 Å². The van der Waals surface area contributed by atoms with Gasteiger partial charge in [0.1, 0.15) is 5.75 Å². The molecule has 162 valence electrons. The lowest BCUT2D eigenvalue weighted by molar-refractivity contribution is -0.114. The average Bonchev–Trinajstić information content (AvgIpc) is 3.07. The van der Waals surface area contributed by atoms with E-state index in [0.29, 0.717) is 11.4 Å². The lowest BCUT2D eigenvalue weighted by Gasteiger charge is -2.46. The quantitative estimate of drug-likeness (QED) is 0.664. The Bertz CT molecular complexity index is 888. The molecule has 1 aromatic heterocycles. The molecule has 0 atom stereocenters. The number of amides is 2. The van der Waals surface area contributed by atoms with E-state index in [4.69, 9.17) is 9.26 Å². The van der Waals surface area contributed by atoms with Crippen LogP contribution in [0.5, 0.6) is 5.75 Å². The van der Waals surface area contributed by atoms with Gasteiger partial charge >= 0.3 is 11.8 Å². The first-order chi connectivity index (χ1) is 14.0. The van der Waals surface area contributed by atoms with Gasteiger partial charge in [-0.25, -0.2) is 0 Å². The third-order valence-corrected chi connectivity index (χ3v) is 4.73. The highest BCUT2D eigenvalue weighted by Gasteiger charge is 2.38. The molecular weight excluding hydrogens is 386 g/mol. The number of nitrogens with one attached hydrogen (secondary N) is 3. The lowest BCUT2D eigenvalue weighted by Crippen LogP contribution is -2.62. The van der Waals surface area contributed by atoms with E-state index in [2.05, 4.69) is 53.8 Å². The summed E-state index contributed by atoms with van der Waals surface area (Å²) in [5.74, 6) is 0.254. The number of ether oxygens (including phenoxy) is 1. The molecular formula is C21H29N5O4. The minimum absolute atomic E-state index is 0.0116. The van der Waals surface area contributed by atoms with Crippen LogP contribution in [0, 0.1) is 0 Å². The molecule has 30 heavy (non-hydrogen) atoms. The number of benzene rings is 1. The fourth-order valence-corrected chi connectivity index (χ4v) is 4.06. The van der Waals surface area contributed by atoms with Crippen LogP contribution in [-0.2, 0) is 11.4 Å². The van der Waals surface area contributed by atoms with E-state index in [-0.39, 0.29) is 47.3 Å². The summed E-state index contributed by atoms with van der Waals surface area (Å²) in [5, 5.41) is 13.1. The van der Waals surface area contributed by atoms with Crippen LogP contribution < -0.4 is 20.7 Å². The summed E-state index contributed by atoms with van der Waals surface area (Å²) in [6.07, 6.45) is 1.61. The van der Waals surface area contributed by atoms with Crippen molar-refractivity contribution in [1.82, 2.24) is 20.8 Å². The first-order valence-corrected chi connectivity index (χ1v) is 9.95.